The molecule has 0 aromatic heterocycles. The molecule has 1 nitrogen and oxygen atoms in total. The Balaban J connectivity index is 0. The molecule has 0 rings (SSSR count). The Morgan fingerprint density at radius 2 is 1.88 bits per heavy atom. The number of hydrogen-bond acceptors (Lipinski definition) is 1. The van der Waals surface area contributed by atoms with Gasteiger partial charge in [-0.05, 0) is 21.0 Å². The van der Waals surface area contributed by atoms with Crippen LogP contribution < -0.4 is 0 Å². The lowest BCUT2D eigenvalue weighted by molar-refractivity contribution is 0.446. The Morgan fingerprint density at radius 1 is 1.50 bits per heavy atom. The van der Waals surface area contributed by atoms with Gasteiger partial charge in [-0.1, -0.05) is 19.6 Å². The van der Waals surface area contributed by atoms with E-state index in [2.05, 4.69) is 11.5 Å². The fourth-order valence-electron chi connectivity index (χ4n) is 0.540. The minimum atomic E-state index is 0. The van der Waals surface area contributed by atoms with Gasteiger partial charge in [0, 0.05) is 6.54 Å². The molecule has 0 aromatic carbocycles. The first-order valence-electron chi connectivity index (χ1n) is 2.42. The zero-order chi connectivity index (χ0) is 5.86. The average molecular weight is 115 g/mol. The van der Waals surface area contributed by atoms with E-state index in [1.165, 1.54) is 5.57 Å². The summed E-state index contributed by atoms with van der Waals surface area (Å²) in [7, 11) is 4.07. The van der Waals surface area contributed by atoms with Crippen LogP contribution in [-0.4, -0.2) is 25.5 Å². The van der Waals surface area contributed by atoms with E-state index in [-0.39, 0.29) is 7.43 Å². The topological polar surface area (TPSA) is 3.24 Å². The molecule has 0 saturated heterocycles. The molecule has 0 aliphatic carbocycles. The van der Waals surface area contributed by atoms with Crippen molar-refractivity contribution in [1.82, 2.24) is 4.90 Å². The van der Waals surface area contributed by atoms with Crippen LogP contribution in [0, 0.1) is 0 Å². The zero-order valence-electron chi connectivity index (χ0n) is 5.36. The Bertz CT molecular complexity index is 64.8. The van der Waals surface area contributed by atoms with Gasteiger partial charge in [-0.15, -0.1) is 0 Å². The number of rotatable bonds is 2. The molecular weight excluding hydrogens is 98.1 g/mol. The molecule has 0 radical (unpaired) electrons. The summed E-state index contributed by atoms with van der Waals surface area (Å²) >= 11 is 0. The van der Waals surface area contributed by atoms with Gasteiger partial charge in [-0.25, -0.2) is 0 Å². The summed E-state index contributed by atoms with van der Waals surface area (Å²) in [5.41, 5.74) is 1.21. The lowest BCUT2D eigenvalue weighted by Gasteiger charge is -2.06. The van der Waals surface area contributed by atoms with E-state index >= 15 is 0 Å². The van der Waals surface area contributed by atoms with Crippen LogP contribution in [0.1, 0.15) is 14.4 Å². The first-order chi connectivity index (χ1) is 3.13. The van der Waals surface area contributed by atoms with Gasteiger partial charge in [0.25, 0.3) is 0 Å². The van der Waals surface area contributed by atoms with E-state index in [9.17, 15) is 0 Å². The second-order valence-corrected chi connectivity index (χ2v) is 2.19. The van der Waals surface area contributed by atoms with Crippen molar-refractivity contribution in [3.05, 3.63) is 12.2 Å². The molecule has 50 valence electrons. The fraction of sp³-hybridized carbons (Fsp3) is 0.714. The highest BCUT2D eigenvalue weighted by Gasteiger charge is 1.85. The summed E-state index contributed by atoms with van der Waals surface area (Å²) in [5.74, 6) is 0. The van der Waals surface area contributed by atoms with E-state index in [0.717, 1.165) is 6.54 Å². The lowest BCUT2D eigenvalue weighted by Crippen LogP contribution is -2.12. The summed E-state index contributed by atoms with van der Waals surface area (Å²) < 4.78 is 0. The van der Waals surface area contributed by atoms with Crippen molar-refractivity contribution in [2.75, 3.05) is 20.6 Å². The zero-order valence-corrected chi connectivity index (χ0v) is 5.36. The van der Waals surface area contributed by atoms with Crippen LogP contribution >= 0.6 is 0 Å². The monoisotopic (exact) mass is 115 g/mol. The van der Waals surface area contributed by atoms with E-state index in [1.807, 2.05) is 21.0 Å². The molecule has 0 heterocycles. The summed E-state index contributed by atoms with van der Waals surface area (Å²) in [6.45, 7) is 6.78. The standard InChI is InChI=1S/C6H13N.CH4/c1-6(2)5-7(3)4;/h1,5H2,2-4H3;1H4. The molecule has 0 saturated carbocycles. The van der Waals surface area contributed by atoms with Crippen LogP contribution in [-0.2, 0) is 0 Å². The maximum Gasteiger partial charge on any atom is 0.0181 e. The van der Waals surface area contributed by atoms with Gasteiger partial charge >= 0.3 is 0 Å². The molecule has 8 heavy (non-hydrogen) atoms. The van der Waals surface area contributed by atoms with Crippen LogP contribution in [0.2, 0.25) is 0 Å². The van der Waals surface area contributed by atoms with Gasteiger partial charge < -0.3 is 4.90 Å². The van der Waals surface area contributed by atoms with Crippen molar-refractivity contribution >= 4 is 0 Å². The Labute approximate surface area is 53.0 Å². The maximum atomic E-state index is 3.75. The highest BCUT2D eigenvalue weighted by atomic mass is 15.0. The van der Waals surface area contributed by atoms with Gasteiger partial charge in [0.1, 0.15) is 0 Å². The average Bonchev–Trinajstić information content (AvgIpc) is 1.27. The van der Waals surface area contributed by atoms with Crippen molar-refractivity contribution in [2.45, 2.75) is 14.4 Å². The van der Waals surface area contributed by atoms with Gasteiger partial charge in [0.2, 0.25) is 0 Å². The van der Waals surface area contributed by atoms with E-state index < -0.39 is 0 Å². The van der Waals surface area contributed by atoms with Crippen molar-refractivity contribution < 1.29 is 0 Å². The summed E-state index contributed by atoms with van der Waals surface area (Å²) in [6, 6.07) is 0. The van der Waals surface area contributed by atoms with Crippen LogP contribution in [0.25, 0.3) is 0 Å². The normalized spacial score (nSPS) is 8.50. The third-order valence-electron chi connectivity index (χ3n) is 0.586. The first kappa shape index (κ1) is 10.6. The molecule has 0 aliphatic rings. The molecule has 0 atom stereocenters. The quantitative estimate of drug-likeness (QED) is 0.496. The molecule has 0 bridgehead atoms. The maximum absolute atomic E-state index is 3.75. The molecule has 0 aliphatic heterocycles. The van der Waals surface area contributed by atoms with Crippen molar-refractivity contribution in [3.8, 4) is 0 Å². The SMILES string of the molecule is C.C=C(C)CN(C)C. The van der Waals surface area contributed by atoms with Crippen LogP contribution in [0.5, 0.6) is 0 Å². The van der Waals surface area contributed by atoms with Gasteiger partial charge in [-0.3, -0.25) is 0 Å². The molecule has 0 spiro atoms. The van der Waals surface area contributed by atoms with E-state index in [1.54, 1.807) is 0 Å². The van der Waals surface area contributed by atoms with E-state index in [4.69, 9.17) is 0 Å². The molecule has 0 amide bonds. The fourth-order valence-corrected chi connectivity index (χ4v) is 0.540. The number of nitrogens with zero attached hydrogens (tertiary/aromatic N) is 1. The largest absolute Gasteiger partial charge is 0.305 e. The first-order valence-corrected chi connectivity index (χ1v) is 2.42. The summed E-state index contributed by atoms with van der Waals surface area (Å²) in [6.07, 6.45) is 0. The highest BCUT2D eigenvalue weighted by Crippen LogP contribution is 1.86. The molecule has 0 unspecified atom stereocenters. The Hall–Kier alpha value is -0.300. The van der Waals surface area contributed by atoms with Crippen LogP contribution in [0.4, 0.5) is 0 Å². The molecule has 0 aromatic rings. The molecule has 0 fully saturated rings. The minimum Gasteiger partial charge on any atom is -0.305 e. The van der Waals surface area contributed by atoms with Crippen LogP contribution in [0.15, 0.2) is 12.2 Å². The Kier molecular flexibility index (Phi) is 6.45. The summed E-state index contributed by atoms with van der Waals surface area (Å²) in [5, 5.41) is 0. The van der Waals surface area contributed by atoms with E-state index in [0.29, 0.717) is 0 Å². The van der Waals surface area contributed by atoms with Gasteiger partial charge in [0.15, 0.2) is 0 Å². The lowest BCUT2D eigenvalue weighted by atomic mass is 10.3. The van der Waals surface area contributed by atoms with Crippen molar-refractivity contribution in [2.24, 2.45) is 0 Å². The van der Waals surface area contributed by atoms with Crippen molar-refractivity contribution in [1.29, 1.82) is 0 Å². The third kappa shape index (κ3) is 9.20. The smallest absolute Gasteiger partial charge is 0.0181 e. The molecule has 0 N–H and O–H groups in total. The third-order valence-corrected chi connectivity index (χ3v) is 0.586. The van der Waals surface area contributed by atoms with Gasteiger partial charge in [-0.2, -0.15) is 0 Å². The van der Waals surface area contributed by atoms with Crippen molar-refractivity contribution in [3.63, 3.8) is 0 Å². The highest BCUT2D eigenvalue weighted by molar-refractivity contribution is 4.90. The molecular formula is C7H17N. The minimum absolute atomic E-state index is 0. The molecule has 1 heteroatoms. The predicted molar refractivity (Wildman–Crippen MR) is 40.1 cm³/mol. The number of likely N-dealkylation sites (N-methyl/N-ethyl adjacent to an activating group) is 1. The van der Waals surface area contributed by atoms with Crippen LogP contribution in [0.3, 0.4) is 0 Å². The Morgan fingerprint density at radius 3 is 1.88 bits per heavy atom. The predicted octanol–water partition coefficient (Wildman–Crippen LogP) is 1.76. The second-order valence-electron chi connectivity index (χ2n) is 2.19. The second kappa shape index (κ2) is 4.85. The summed E-state index contributed by atoms with van der Waals surface area (Å²) in [4.78, 5) is 2.10. The number of hydrogen-bond donors (Lipinski definition) is 0. The van der Waals surface area contributed by atoms with Gasteiger partial charge in [0.05, 0.1) is 0 Å².